The van der Waals surface area contributed by atoms with Crippen LogP contribution >= 0.6 is 0 Å². The summed E-state index contributed by atoms with van der Waals surface area (Å²) in [6.45, 7) is 3.55. The van der Waals surface area contributed by atoms with E-state index in [9.17, 15) is 9.59 Å². The zero-order valence-electron chi connectivity index (χ0n) is 8.68. The number of amides is 1. The van der Waals surface area contributed by atoms with Crippen molar-refractivity contribution < 1.29 is 19.4 Å². The number of ether oxygens (including phenoxy) is 1. The van der Waals surface area contributed by atoms with Crippen LogP contribution in [-0.2, 0) is 14.3 Å². The van der Waals surface area contributed by atoms with E-state index < -0.39 is 5.97 Å². The van der Waals surface area contributed by atoms with Gasteiger partial charge in [0.25, 0.3) is 0 Å². The molecule has 0 aromatic carbocycles. The lowest BCUT2D eigenvalue weighted by Crippen LogP contribution is -2.47. The monoisotopic (exact) mass is 213 g/mol. The van der Waals surface area contributed by atoms with Crippen LogP contribution in [0, 0.1) is 0 Å². The first-order valence-electron chi connectivity index (χ1n) is 4.94. The van der Waals surface area contributed by atoms with Gasteiger partial charge in [-0.3, -0.25) is 4.79 Å². The van der Waals surface area contributed by atoms with E-state index in [0.29, 0.717) is 19.8 Å². The molecule has 0 aliphatic carbocycles. The molecule has 0 aromatic heterocycles. The zero-order valence-corrected chi connectivity index (χ0v) is 8.68. The Kier molecular flexibility index (Phi) is 4.30. The number of carbonyl (C=O) groups is 2. The number of nitrogens with zero attached hydrogens (tertiary/aromatic N) is 1. The Morgan fingerprint density at radius 1 is 1.53 bits per heavy atom. The molecule has 1 rings (SSSR count). The minimum Gasteiger partial charge on any atom is -0.478 e. The van der Waals surface area contributed by atoms with Gasteiger partial charge in [0.15, 0.2) is 0 Å². The molecule has 1 amide bonds. The minimum atomic E-state index is -1.11. The second-order valence-corrected chi connectivity index (χ2v) is 3.34. The van der Waals surface area contributed by atoms with Gasteiger partial charge >= 0.3 is 5.97 Å². The molecular formula is C10H15NO4. The van der Waals surface area contributed by atoms with Gasteiger partial charge in [-0.05, 0) is 6.42 Å². The summed E-state index contributed by atoms with van der Waals surface area (Å²) in [6, 6.07) is 0.0599. The molecule has 0 saturated carbocycles. The van der Waals surface area contributed by atoms with Crippen molar-refractivity contribution in [1.82, 2.24) is 4.90 Å². The maximum Gasteiger partial charge on any atom is 0.328 e. The SMILES string of the molecule is CCC1COCCN1C(=O)/C=C/C(=O)O. The van der Waals surface area contributed by atoms with Gasteiger partial charge in [-0.25, -0.2) is 4.79 Å². The highest BCUT2D eigenvalue weighted by Gasteiger charge is 2.24. The molecule has 1 aliphatic rings. The first-order chi connectivity index (χ1) is 7.15. The summed E-state index contributed by atoms with van der Waals surface area (Å²) in [7, 11) is 0. The molecular weight excluding hydrogens is 198 g/mol. The maximum atomic E-state index is 11.6. The van der Waals surface area contributed by atoms with E-state index in [1.807, 2.05) is 6.92 Å². The Hall–Kier alpha value is -1.36. The average Bonchev–Trinajstić information content (AvgIpc) is 2.25. The fourth-order valence-electron chi connectivity index (χ4n) is 1.52. The molecule has 0 radical (unpaired) electrons. The number of carboxylic acids is 1. The number of aliphatic carboxylic acids is 1. The van der Waals surface area contributed by atoms with Gasteiger partial charge in [-0.1, -0.05) is 6.92 Å². The lowest BCUT2D eigenvalue weighted by atomic mass is 10.1. The van der Waals surface area contributed by atoms with E-state index in [4.69, 9.17) is 9.84 Å². The van der Waals surface area contributed by atoms with Crippen molar-refractivity contribution in [1.29, 1.82) is 0 Å². The zero-order chi connectivity index (χ0) is 11.3. The van der Waals surface area contributed by atoms with Crippen molar-refractivity contribution in [3.63, 3.8) is 0 Å². The molecule has 1 unspecified atom stereocenters. The molecule has 1 heterocycles. The van der Waals surface area contributed by atoms with Crippen molar-refractivity contribution in [2.75, 3.05) is 19.8 Å². The van der Waals surface area contributed by atoms with Crippen LogP contribution in [0.1, 0.15) is 13.3 Å². The predicted molar refractivity (Wildman–Crippen MR) is 53.4 cm³/mol. The summed E-state index contributed by atoms with van der Waals surface area (Å²) in [5, 5.41) is 8.40. The fourth-order valence-corrected chi connectivity index (χ4v) is 1.52. The Morgan fingerprint density at radius 3 is 2.87 bits per heavy atom. The van der Waals surface area contributed by atoms with Gasteiger partial charge in [0.05, 0.1) is 19.3 Å². The van der Waals surface area contributed by atoms with Gasteiger partial charge in [-0.2, -0.15) is 0 Å². The molecule has 1 N–H and O–H groups in total. The molecule has 84 valence electrons. The lowest BCUT2D eigenvalue weighted by Gasteiger charge is -2.34. The molecule has 1 aliphatic heterocycles. The van der Waals surface area contributed by atoms with Crippen molar-refractivity contribution >= 4 is 11.9 Å². The molecule has 5 nitrogen and oxygen atoms in total. The molecule has 15 heavy (non-hydrogen) atoms. The molecule has 1 atom stereocenters. The quantitative estimate of drug-likeness (QED) is 0.683. The van der Waals surface area contributed by atoms with E-state index in [2.05, 4.69) is 0 Å². The summed E-state index contributed by atoms with van der Waals surface area (Å²) in [6.07, 6.45) is 2.77. The highest BCUT2D eigenvalue weighted by Crippen LogP contribution is 2.10. The highest BCUT2D eigenvalue weighted by atomic mass is 16.5. The molecule has 0 bridgehead atoms. The van der Waals surface area contributed by atoms with Gasteiger partial charge in [0.1, 0.15) is 0 Å². The Balaban J connectivity index is 2.59. The number of morpholine rings is 1. The van der Waals surface area contributed by atoms with Crippen LogP contribution in [-0.4, -0.2) is 47.7 Å². The van der Waals surface area contributed by atoms with E-state index >= 15 is 0 Å². The summed E-state index contributed by atoms with van der Waals surface area (Å²) in [5.74, 6) is -1.36. The first-order valence-corrected chi connectivity index (χ1v) is 4.94. The van der Waals surface area contributed by atoms with Crippen LogP contribution in [0.25, 0.3) is 0 Å². The summed E-state index contributed by atoms with van der Waals surface area (Å²) in [5.41, 5.74) is 0. The molecule has 5 heteroatoms. The smallest absolute Gasteiger partial charge is 0.328 e. The van der Waals surface area contributed by atoms with Crippen LogP contribution in [0.2, 0.25) is 0 Å². The van der Waals surface area contributed by atoms with E-state index in [0.717, 1.165) is 18.6 Å². The summed E-state index contributed by atoms with van der Waals surface area (Å²) < 4.78 is 5.24. The van der Waals surface area contributed by atoms with Crippen LogP contribution < -0.4 is 0 Å². The van der Waals surface area contributed by atoms with Gasteiger partial charge in [-0.15, -0.1) is 0 Å². The third-order valence-electron chi connectivity index (χ3n) is 2.35. The Bertz CT molecular complexity index is 275. The molecule has 0 spiro atoms. The Labute approximate surface area is 88.3 Å². The van der Waals surface area contributed by atoms with Crippen molar-refractivity contribution in [2.45, 2.75) is 19.4 Å². The van der Waals surface area contributed by atoms with Crippen LogP contribution in [0.3, 0.4) is 0 Å². The van der Waals surface area contributed by atoms with Crippen LogP contribution in [0.15, 0.2) is 12.2 Å². The standard InChI is InChI=1S/C10H15NO4/c1-2-8-7-15-6-5-11(8)9(12)3-4-10(13)14/h3-4,8H,2,5-7H2,1H3,(H,13,14)/b4-3+. The largest absolute Gasteiger partial charge is 0.478 e. The van der Waals surface area contributed by atoms with Crippen LogP contribution in [0.4, 0.5) is 0 Å². The van der Waals surface area contributed by atoms with E-state index in [1.165, 1.54) is 0 Å². The highest BCUT2D eigenvalue weighted by molar-refractivity contribution is 5.94. The van der Waals surface area contributed by atoms with Gasteiger partial charge in [0.2, 0.25) is 5.91 Å². The third kappa shape index (κ3) is 3.36. The van der Waals surface area contributed by atoms with Crippen molar-refractivity contribution in [2.24, 2.45) is 0 Å². The van der Waals surface area contributed by atoms with E-state index in [1.54, 1.807) is 4.90 Å². The number of hydrogen-bond acceptors (Lipinski definition) is 3. The van der Waals surface area contributed by atoms with Gasteiger partial charge < -0.3 is 14.7 Å². The molecule has 0 aromatic rings. The van der Waals surface area contributed by atoms with Crippen LogP contribution in [0.5, 0.6) is 0 Å². The predicted octanol–water partition coefficient (Wildman–Crippen LogP) is 0.265. The third-order valence-corrected chi connectivity index (χ3v) is 2.35. The number of hydrogen-bond donors (Lipinski definition) is 1. The van der Waals surface area contributed by atoms with E-state index in [-0.39, 0.29) is 11.9 Å². The second-order valence-electron chi connectivity index (χ2n) is 3.34. The molecule has 1 fully saturated rings. The lowest BCUT2D eigenvalue weighted by molar-refractivity contribution is -0.136. The minimum absolute atomic E-state index is 0.0599. The normalized spacial score (nSPS) is 21.9. The summed E-state index contributed by atoms with van der Waals surface area (Å²) >= 11 is 0. The summed E-state index contributed by atoms with van der Waals surface area (Å²) in [4.78, 5) is 23.5. The average molecular weight is 213 g/mol. The first kappa shape index (κ1) is 11.7. The number of carboxylic acid groups (broad SMARTS) is 1. The number of rotatable bonds is 3. The topological polar surface area (TPSA) is 66.8 Å². The molecule has 1 saturated heterocycles. The fraction of sp³-hybridized carbons (Fsp3) is 0.600. The number of carbonyl (C=O) groups excluding carboxylic acids is 1. The second kappa shape index (κ2) is 5.50. The Morgan fingerprint density at radius 2 is 2.27 bits per heavy atom. The van der Waals surface area contributed by atoms with Crippen molar-refractivity contribution in [3.05, 3.63) is 12.2 Å². The maximum absolute atomic E-state index is 11.6. The van der Waals surface area contributed by atoms with Crippen molar-refractivity contribution in [3.8, 4) is 0 Å². The van der Waals surface area contributed by atoms with Gasteiger partial charge in [0, 0.05) is 18.7 Å².